The van der Waals surface area contributed by atoms with E-state index in [0.29, 0.717) is 42.7 Å². The summed E-state index contributed by atoms with van der Waals surface area (Å²) in [6, 6.07) is 5.22. The second-order valence-electron chi connectivity index (χ2n) is 4.99. The summed E-state index contributed by atoms with van der Waals surface area (Å²) in [7, 11) is 0. The van der Waals surface area contributed by atoms with Crippen molar-refractivity contribution in [1.29, 1.82) is 0 Å². The number of carbonyl (C=O) groups is 2. The molecule has 0 amide bonds. The fourth-order valence-corrected chi connectivity index (χ4v) is 2.78. The third-order valence-electron chi connectivity index (χ3n) is 4.00. The number of carboxylic acid groups (broad SMARTS) is 1. The van der Waals surface area contributed by atoms with Gasteiger partial charge in [0.1, 0.15) is 5.78 Å². The molecule has 1 N–H and O–H groups in total. The van der Waals surface area contributed by atoms with Crippen molar-refractivity contribution >= 4 is 11.8 Å². The first-order chi connectivity index (χ1) is 9.12. The van der Waals surface area contributed by atoms with E-state index in [9.17, 15) is 14.7 Å². The molecule has 19 heavy (non-hydrogen) atoms. The topological polar surface area (TPSA) is 72.8 Å². The number of ether oxygens (including phenoxy) is 2. The molecule has 0 aromatic heterocycles. The largest absolute Gasteiger partial charge is 0.481 e. The highest BCUT2D eigenvalue weighted by molar-refractivity contribution is 5.87. The van der Waals surface area contributed by atoms with Crippen molar-refractivity contribution < 1.29 is 24.2 Å². The number of rotatable bonds is 2. The Hall–Kier alpha value is -2.04. The highest BCUT2D eigenvalue weighted by atomic mass is 16.7. The highest BCUT2D eigenvalue weighted by Gasteiger charge is 2.43. The first kappa shape index (κ1) is 12.0. The summed E-state index contributed by atoms with van der Waals surface area (Å²) in [5.41, 5.74) is -0.286. The van der Waals surface area contributed by atoms with Gasteiger partial charge in [-0.3, -0.25) is 9.59 Å². The van der Waals surface area contributed by atoms with E-state index >= 15 is 0 Å². The molecule has 1 saturated carbocycles. The van der Waals surface area contributed by atoms with Gasteiger partial charge >= 0.3 is 5.97 Å². The van der Waals surface area contributed by atoms with Crippen LogP contribution in [0.2, 0.25) is 0 Å². The maximum atomic E-state index is 11.7. The lowest BCUT2D eigenvalue weighted by Gasteiger charge is -2.33. The second-order valence-corrected chi connectivity index (χ2v) is 4.99. The Morgan fingerprint density at radius 2 is 1.84 bits per heavy atom. The lowest BCUT2D eigenvalue weighted by Crippen LogP contribution is -2.39. The predicted molar refractivity (Wildman–Crippen MR) is 65.4 cm³/mol. The van der Waals surface area contributed by atoms with Crippen LogP contribution in [0.5, 0.6) is 11.5 Å². The van der Waals surface area contributed by atoms with Gasteiger partial charge in [-0.05, 0) is 30.5 Å². The van der Waals surface area contributed by atoms with Crippen LogP contribution in [0.15, 0.2) is 18.2 Å². The molecule has 1 aliphatic carbocycles. The molecule has 5 heteroatoms. The van der Waals surface area contributed by atoms with Crippen LogP contribution in [-0.2, 0) is 15.0 Å². The monoisotopic (exact) mass is 262 g/mol. The van der Waals surface area contributed by atoms with Crippen molar-refractivity contribution in [2.75, 3.05) is 6.79 Å². The molecule has 1 heterocycles. The number of aliphatic carboxylic acids is 1. The molecule has 5 nitrogen and oxygen atoms in total. The van der Waals surface area contributed by atoms with Gasteiger partial charge in [-0.2, -0.15) is 0 Å². The molecule has 0 atom stereocenters. The lowest BCUT2D eigenvalue weighted by molar-refractivity contribution is -0.146. The molecule has 1 aromatic carbocycles. The van der Waals surface area contributed by atoms with Gasteiger partial charge < -0.3 is 14.6 Å². The zero-order valence-electron chi connectivity index (χ0n) is 10.3. The third kappa shape index (κ3) is 1.85. The minimum absolute atomic E-state index is 0.137. The molecule has 2 aliphatic rings. The summed E-state index contributed by atoms with van der Waals surface area (Å²) in [6.07, 6.45) is 1.34. The van der Waals surface area contributed by atoms with Gasteiger partial charge in [-0.1, -0.05) is 6.07 Å². The van der Waals surface area contributed by atoms with Crippen molar-refractivity contribution in [3.05, 3.63) is 23.8 Å². The number of benzene rings is 1. The summed E-state index contributed by atoms with van der Waals surface area (Å²) < 4.78 is 10.5. The number of ketones is 1. The second kappa shape index (κ2) is 4.26. The van der Waals surface area contributed by atoms with E-state index in [1.54, 1.807) is 18.2 Å². The molecule has 100 valence electrons. The van der Waals surface area contributed by atoms with E-state index in [1.807, 2.05) is 0 Å². The standard InChI is InChI=1S/C14H14O5/c15-10-3-5-14(6-4-10,13(16)17)9-1-2-11-12(7-9)19-8-18-11/h1-2,7H,3-6,8H2,(H,16,17). The van der Waals surface area contributed by atoms with E-state index in [-0.39, 0.29) is 12.6 Å². The first-order valence-corrected chi connectivity index (χ1v) is 6.27. The summed E-state index contributed by atoms with van der Waals surface area (Å²) >= 11 is 0. The zero-order chi connectivity index (χ0) is 13.5. The molecular formula is C14H14O5. The summed E-state index contributed by atoms with van der Waals surface area (Å²) in [5, 5.41) is 9.59. The maximum Gasteiger partial charge on any atom is 0.314 e. The molecule has 1 aromatic rings. The first-order valence-electron chi connectivity index (χ1n) is 6.27. The third-order valence-corrected chi connectivity index (χ3v) is 4.00. The quantitative estimate of drug-likeness (QED) is 0.881. The highest BCUT2D eigenvalue weighted by Crippen LogP contribution is 2.42. The van der Waals surface area contributed by atoms with Crippen LogP contribution in [-0.4, -0.2) is 23.7 Å². The lowest BCUT2D eigenvalue weighted by atomic mass is 9.69. The minimum atomic E-state index is -0.977. The van der Waals surface area contributed by atoms with Crippen molar-refractivity contribution in [3.8, 4) is 11.5 Å². The van der Waals surface area contributed by atoms with Crippen LogP contribution in [0.1, 0.15) is 31.2 Å². The zero-order valence-corrected chi connectivity index (χ0v) is 10.3. The molecule has 0 unspecified atom stereocenters. The summed E-state index contributed by atoms with van der Waals surface area (Å²) in [6.45, 7) is 0.164. The SMILES string of the molecule is O=C1CCC(C(=O)O)(c2ccc3c(c2)OCO3)CC1. The summed E-state index contributed by atoms with van der Waals surface area (Å²) in [4.78, 5) is 23.1. The number of carboxylic acids is 1. The molecule has 3 rings (SSSR count). The normalized spacial score (nSPS) is 20.3. The molecule has 1 aliphatic heterocycles. The molecule has 1 fully saturated rings. The Morgan fingerprint density at radius 1 is 1.16 bits per heavy atom. The van der Waals surface area contributed by atoms with Crippen LogP contribution < -0.4 is 9.47 Å². The van der Waals surface area contributed by atoms with Gasteiger partial charge in [-0.15, -0.1) is 0 Å². The number of carbonyl (C=O) groups excluding carboxylic acids is 1. The average Bonchev–Trinajstić information content (AvgIpc) is 2.86. The summed E-state index contributed by atoms with van der Waals surface area (Å²) in [5.74, 6) is 0.475. The van der Waals surface area contributed by atoms with Crippen molar-refractivity contribution in [1.82, 2.24) is 0 Å². The Balaban J connectivity index is 2.01. The van der Waals surface area contributed by atoms with Crippen LogP contribution in [0.25, 0.3) is 0 Å². The van der Waals surface area contributed by atoms with Crippen LogP contribution >= 0.6 is 0 Å². The van der Waals surface area contributed by atoms with Crippen molar-refractivity contribution in [3.63, 3.8) is 0 Å². The van der Waals surface area contributed by atoms with Crippen molar-refractivity contribution in [2.24, 2.45) is 0 Å². The van der Waals surface area contributed by atoms with Gasteiger partial charge in [0.25, 0.3) is 0 Å². The molecular weight excluding hydrogens is 248 g/mol. The van der Waals surface area contributed by atoms with Crippen LogP contribution in [0.3, 0.4) is 0 Å². The van der Waals surface area contributed by atoms with Crippen LogP contribution in [0.4, 0.5) is 0 Å². The number of hydrogen-bond acceptors (Lipinski definition) is 4. The molecule has 0 spiro atoms. The fourth-order valence-electron chi connectivity index (χ4n) is 2.78. The van der Waals surface area contributed by atoms with Gasteiger partial charge in [0.05, 0.1) is 5.41 Å². The fraction of sp³-hybridized carbons (Fsp3) is 0.429. The maximum absolute atomic E-state index is 11.7. The minimum Gasteiger partial charge on any atom is -0.481 e. The van der Waals surface area contributed by atoms with Gasteiger partial charge in [0, 0.05) is 12.8 Å². The Morgan fingerprint density at radius 3 is 2.53 bits per heavy atom. The van der Waals surface area contributed by atoms with Gasteiger partial charge in [0.15, 0.2) is 11.5 Å². The van der Waals surface area contributed by atoms with E-state index in [4.69, 9.17) is 9.47 Å². The molecule has 0 radical (unpaired) electrons. The van der Waals surface area contributed by atoms with Crippen molar-refractivity contribution in [2.45, 2.75) is 31.1 Å². The van der Waals surface area contributed by atoms with E-state index in [0.717, 1.165) is 0 Å². The predicted octanol–water partition coefficient (Wildman–Crippen LogP) is 1.88. The Labute approximate surface area is 110 Å². The van der Waals surface area contributed by atoms with E-state index < -0.39 is 11.4 Å². The number of hydrogen-bond donors (Lipinski definition) is 1. The smallest absolute Gasteiger partial charge is 0.314 e. The Kier molecular flexibility index (Phi) is 2.69. The van der Waals surface area contributed by atoms with E-state index in [2.05, 4.69) is 0 Å². The Bertz CT molecular complexity index is 539. The number of fused-ring (bicyclic) bond motifs is 1. The molecule has 0 bridgehead atoms. The number of Topliss-reactive ketones (excluding diaryl/α,β-unsaturated/α-hetero) is 1. The van der Waals surface area contributed by atoms with E-state index in [1.165, 1.54) is 0 Å². The van der Waals surface area contributed by atoms with Gasteiger partial charge in [0.2, 0.25) is 6.79 Å². The van der Waals surface area contributed by atoms with Gasteiger partial charge in [-0.25, -0.2) is 0 Å². The average molecular weight is 262 g/mol. The molecule has 0 saturated heterocycles. The van der Waals surface area contributed by atoms with Crippen LogP contribution in [0, 0.1) is 0 Å².